The van der Waals surface area contributed by atoms with Gasteiger partial charge in [0.15, 0.2) is 12.6 Å². The van der Waals surface area contributed by atoms with E-state index in [-0.39, 0.29) is 18.9 Å². The fraction of sp³-hybridized carbons (Fsp3) is 0.919. The molecule has 9 N–H and O–H groups in total. The van der Waals surface area contributed by atoms with E-state index in [0.717, 1.165) is 32.1 Å². The van der Waals surface area contributed by atoms with Crippen LogP contribution in [-0.2, 0) is 23.7 Å². The van der Waals surface area contributed by atoms with E-state index < -0.39 is 86.8 Å². The minimum atomic E-state index is -1.79. The van der Waals surface area contributed by atoms with Gasteiger partial charge in [-0.3, -0.25) is 4.79 Å². The molecule has 2 saturated heterocycles. The third-order valence-electron chi connectivity index (χ3n) is 15.6. The van der Waals surface area contributed by atoms with E-state index in [9.17, 15) is 45.6 Å². The standard InChI is InChI=1S/C62H117NO13/c1-3-5-7-9-11-13-15-17-19-21-23-24-25-26-28-30-32-34-36-38-40-42-44-46-54(67)63-50(51(66)45-43-41-39-37-35-33-31-29-27-22-20-18-16-14-12-10-8-6-4-2)49-73-61-59(72)57(70)60(53(48-65)75-61)76-62-58(71)56(69)55(68)52(47-64)74-62/h35,37,43,45,50-53,55-62,64-66,68-72H,3-34,36,38-42,44,46-49H2,1-2H3,(H,63,67)/b37-35+,45-43+. The van der Waals surface area contributed by atoms with E-state index in [1.165, 1.54) is 205 Å². The molecule has 14 nitrogen and oxygen atoms in total. The molecular weight excluding hydrogens is 967 g/mol. The Morgan fingerprint density at radius 3 is 1.29 bits per heavy atom. The second-order valence-corrected chi connectivity index (χ2v) is 22.5. The number of carbonyl (C=O) groups is 1. The SMILES string of the molecule is CCCCCCCCCCCCCCC/C=C/CC/C=C/C(O)C(COC1OC(CO)C(OC2OC(CO)C(O)C(O)C2O)C(O)C1O)NC(=O)CCCCCCCCCCCCCCCCCCCCCCCCC. The van der Waals surface area contributed by atoms with E-state index in [1.54, 1.807) is 6.08 Å². The normalized spacial score (nSPS) is 25.0. The monoisotopic (exact) mass is 1080 g/mol. The molecule has 1 amide bonds. The number of hydrogen-bond donors (Lipinski definition) is 9. The van der Waals surface area contributed by atoms with Crippen molar-refractivity contribution in [3.63, 3.8) is 0 Å². The van der Waals surface area contributed by atoms with Gasteiger partial charge in [0.25, 0.3) is 0 Å². The van der Waals surface area contributed by atoms with Crippen LogP contribution in [0.5, 0.6) is 0 Å². The molecule has 2 aliphatic heterocycles. The first-order chi connectivity index (χ1) is 37.1. The molecule has 76 heavy (non-hydrogen) atoms. The van der Waals surface area contributed by atoms with Crippen LogP contribution in [0.4, 0.5) is 0 Å². The summed E-state index contributed by atoms with van der Waals surface area (Å²) in [5.74, 6) is -0.243. The summed E-state index contributed by atoms with van der Waals surface area (Å²) in [5.41, 5.74) is 0. The highest BCUT2D eigenvalue weighted by Crippen LogP contribution is 2.30. The zero-order chi connectivity index (χ0) is 55.3. The van der Waals surface area contributed by atoms with Crippen molar-refractivity contribution in [2.75, 3.05) is 19.8 Å². The number of unbranched alkanes of at least 4 members (excludes halogenated alkanes) is 36. The van der Waals surface area contributed by atoms with Gasteiger partial charge in [0.2, 0.25) is 5.91 Å². The van der Waals surface area contributed by atoms with E-state index in [2.05, 4.69) is 31.3 Å². The summed E-state index contributed by atoms with van der Waals surface area (Å²) >= 11 is 0. The minimum absolute atomic E-state index is 0.243. The fourth-order valence-electron chi connectivity index (χ4n) is 10.5. The van der Waals surface area contributed by atoms with Crippen molar-refractivity contribution in [3.05, 3.63) is 24.3 Å². The van der Waals surface area contributed by atoms with Gasteiger partial charge in [-0.05, 0) is 32.1 Å². The number of aliphatic hydroxyl groups is 8. The lowest BCUT2D eigenvalue weighted by Gasteiger charge is -2.46. The lowest BCUT2D eigenvalue weighted by atomic mass is 9.97. The highest BCUT2D eigenvalue weighted by Gasteiger charge is 2.51. The molecule has 0 aliphatic carbocycles. The molecule has 448 valence electrons. The first kappa shape index (κ1) is 70.6. The first-order valence-corrected chi connectivity index (χ1v) is 31.6. The quantitative estimate of drug-likeness (QED) is 0.0204. The van der Waals surface area contributed by atoms with Crippen LogP contribution in [0.1, 0.15) is 271 Å². The fourth-order valence-corrected chi connectivity index (χ4v) is 10.5. The smallest absolute Gasteiger partial charge is 0.220 e. The van der Waals surface area contributed by atoms with Crippen molar-refractivity contribution in [3.8, 4) is 0 Å². The molecular formula is C62H117NO13. The van der Waals surface area contributed by atoms with E-state index in [0.29, 0.717) is 12.8 Å². The Bertz CT molecular complexity index is 1370. The molecule has 0 spiro atoms. The van der Waals surface area contributed by atoms with Crippen LogP contribution in [0, 0.1) is 0 Å². The van der Waals surface area contributed by atoms with Crippen molar-refractivity contribution in [2.45, 2.75) is 344 Å². The predicted molar refractivity (Wildman–Crippen MR) is 305 cm³/mol. The average Bonchev–Trinajstić information content (AvgIpc) is 3.42. The summed E-state index contributed by atoms with van der Waals surface area (Å²) in [7, 11) is 0. The van der Waals surface area contributed by atoms with Crippen LogP contribution >= 0.6 is 0 Å². The second kappa shape index (κ2) is 48.2. The van der Waals surface area contributed by atoms with Crippen molar-refractivity contribution in [1.82, 2.24) is 5.32 Å². The van der Waals surface area contributed by atoms with Gasteiger partial charge in [-0.25, -0.2) is 0 Å². The summed E-state index contributed by atoms with van der Waals surface area (Å²) in [6.07, 6.45) is 40.8. The zero-order valence-corrected chi connectivity index (χ0v) is 48.3. The Labute approximate surface area is 462 Å². The Balaban J connectivity index is 1.75. The zero-order valence-electron chi connectivity index (χ0n) is 48.3. The molecule has 0 aromatic carbocycles. The van der Waals surface area contributed by atoms with Gasteiger partial charge in [-0.2, -0.15) is 0 Å². The third-order valence-corrected chi connectivity index (χ3v) is 15.6. The van der Waals surface area contributed by atoms with Crippen LogP contribution in [-0.4, -0.2) is 140 Å². The van der Waals surface area contributed by atoms with Gasteiger partial charge in [0, 0.05) is 6.42 Å². The first-order valence-electron chi connectivity index (χ1n) is 31.6. The molecule has 0 bridgehead atoms. The predicted octanol–water partition coefficient (Wildman–Crippen LogP) is 11.2. The molecule has 2 fully saturated rings. The van der Waals surface area contributed by atoms with Crippen LogP contribution in [0.25, 0.3) is 0 Å². The molecule has 14 heteroatoms. The van der Waals surface area contributed by atoms with E-state index in [4.69, 9.17) is 18.9 Å². The third kappa shape index (κ3) is 33.3. The molecule has 0 radical (unpaired) electrons. The van der Waals surface area contributed by atoms with Crippen molar-refractivity contribution < 1.29 is 64.6 Å². The Kier molecular flexibility index (Phi) is 44.8. The molecule has 12 unspecified atom stereocenters. The van der Waals surface area contributed by atoms with E-state index >= 15 is 0 Å². The number of ether oxygens (including phenoxy) is 4. The summed E-state index contributed by atoms with van der Waals surface area (Å²) in [5, 5.41) is 87.2. The molecule has 0 saturated carbocycles. The van der Waals surface area contributed by atoms with E-state index in [1.807, 2.05) is 6.08 Å². The summed E-state index contributed by atoms with van der Waals surface area (Å²) in [6.45, 7) is 2.82. The van der Waals surface area contributed by atoms with Crippen LogP contribution in [0.2, 0.25) is 0 Å². The van der Waals surface area contributed by atoms with Crippen LogP contribution in [0.15, 0.2) is 24.3 Å². The maximum Gasteiger partial charge on any atom is 0.220 e. The van der Waals surface area contributed by atoms with Gasteiger partial charge in [-0.15, -0.1) is 0 Å². The maximum absolute atomic E-state index is 13.3. The largest absolute Gasteiger partial charge is 0.394 e. The maximum atomic E-state index is 13.3. The number of nitrogens with one attached hydrogen (secondary N) is 1. The summed E-state index contributed by atoms with van der Waals surface area (Å²) < 4.78 is 22.8. The van der Waals surface area contributed by atoms with Gasteiger partial charge < -0.3 is 65.1 Å². The van der Waals surface area contributed by atoms with Crippen LogP contribution in [0.3, 0.4) is 0 Å². The molecule has 2 aliphatic rings. The number of hydrogen-bond acceptors (Lipinski definition) is 13. The molecule has 2 rings (SSSR count). The number of allylic oxidation sites excluding steroid dienone is 3. The Hall–Kier alpha value is -1.53. The van der Waals surface area contributed by atoms with Crippen molar-refractivity contribution in [2.24, 2.45) is 0 Å². The topological polar surface area (TPSA) is 228 Å². The number of rotatable bonds is 51. The summed E-state index contributed by atoms with van der Waals surface area (Å²) in [4.78, 5) is 13.3. The molecule has 0 aromatic rings. The van der Waals surface area contributed by atoms with Gasteiger partial charge >= 0.3 is 0 Å². The lowest BCUT2D eigenvalue weighted by Crippen LogP contribution is -2.65. The highest BCUT2D eigenvalue weighted by atomic mass is 16.7. The average molecular weight is 1080 g/mol. The number of aliphatic hydroxyl groups excluding tert-OH is 8. The van der Waals surface area contributed by atoms with Crippen LogP contribution < -0.4 is 5.32 Å². The molecule has 12 atom stereocenters. The molecule has 2 heterocycles. The second-order valence-electron chi connectivity index (χ2n) is 22.5. The highest BCUT2D eigenvalue weighted by molar-refractivity contribution is 5.76. The van der Waals surface area contributed by atoms with Gasteiger partial charge in [0.05, 0.1) is 32.0 Å². The van der Waals surface area contributed by atoms with Gasteiger partial charge in [0.1, 0.15) is 48.8 Å². The summed E-state index contributed by atoms with van der Waals surface area (Å²) in [6, 6.07) is -0.928. The number of amides is 1. The Morgan fingerprint density at radius 1 is 0.461 bits per heavy atom. The Morgan fingerprint density at radius 2 is 0.842 bits per heavy atom. The number of carbonyl (C=O) groups excluding carboxylic acids is 1. The lowest BCUT2D eigenvalue weighted by molar-refractivity contribution is -0.359. The van der Waals surface area contributed by atoms with Gasteiger partial charge in [-0.1, -0.05) is 256 Å². The minimum Gasteiger partial charge on any atom is -0.394 e. The molecule has 0 aromatic heterocycles. The van der Waals surface area contributed by atoms with Crippen molar-refractivity contribution >= 4 is 5.91 Å². The van der Waals surface area contributed by atoms with Crippen molar-refractivity contribution in [1.29, 1.82) is 0 Å².